The number of urea groups is 1. The maximum absolute atomic E-state index is 13.2. The number of rotatable bonds is 4. The number of pyridine rings is 1. The number of allylic oxidation sites excluding steroid dienone is 1. The number of ketones is 1. The van der Waals surface area contributed by atoms with Gasteiger partial charge in [0.25, 0.3) is 5.91 Å². The number of hydrogen-bond donors (Lipinski definition) is 0. The zero-order valence-electron chi connectivity index (χ0n) is 15.8. The van der Waals surface area contributed by atoms with Crippen molar-refractivity contribution >= 4 is 23.6 Å². The second kappa shape index (κ2) is 7.06. The van der Waals surface area contributed by atoms with Crippen LogP contribution in [0.2, 0.25) is 0 Å². The minimum absolute atomic E-state index is 0.328. The maximum atomic E-state index is 13.2. The zero-order valence-corrected chi connectivity index (χ0v) is 15.8. The van der Waals surface area contributed by atoms with E-state index in [1.165, 1.54) is 13.2 Å². The van der Waals surface area contributed by atoms with Gasteiger partial charge in [-0.15, -0.1) is 0 Å². The Morgan fingerprint density at radius 2 is 1.93 bits per heavy atom. The van der Waals surface area contributed by atoms with E-state index in [1.807, 2.05) is 6.08 Å². The average molecular weight is 369 g/mol. The predicted octanol–water partition coefficient (Wildman–Crippen LogP) is 2.50. The molecule has 142 valence electrons. The summed E-state index contributed by atoms with van der Waals surface area (Å²) in [5, 5.41) is 0. The maximum Gasteiger partial charge on any atom is 0.333 e. The topological polar surface area (TPSA) is 87.7 Å². The van der Waals surface area contributed by atoms with Crippen LogP contribution in [0.4, 0.5) is 4.79 Å². The summed E-state index contributed by atoms with van der Waals surface area (Å²) < 4.78 is 0. The Morgan fingerprint density at radius 1 is 1.19 bits per heavy atom. The number of carbonyl (C=O) groups excluding carboxylic acids is 4. The van der Waals surface area contributed by atoms with Gasteiger partial charge in [-0.2, -0.15) is 0 Å². The number of carbonyl (C=O) groups is 4. The summed E-state index contributed by atoms with van der Waals surface area (Å²) in [5.74, 6) is -1.56. The Balaban J connectivity index is 1.93. The monoisotopic (exact) mass is 369 g/mol. The predicted molar refractivity (Wildman–Crippen MR) is 97.8 cm³/mol. The van der Waals surface area contributed by atoms with Crippen LogP contribution >= 0.6 is 0 Å². The van der Waals surface area contributed by atoms with Gasteiger partial charge in [-0.3, -0.25) is 29.2 Å². The second-order valence-corrected chi connectivity index (χ2v) is 7.31. The van der Waals surface area contributed by atoms with Crippen LogP contribution in [0.25, 0.3) is 0 Å². The van der Waals surface area contributed by atoms with Crippen molar-refractivity contribution in [1.82, 2.24) is 14.8 Å². The molecule has 1 fully saturated rings. The first-order chi connectivity index (χ1) is 12.8. The number of imide groups is 2. The number of aromatic nitrogens is 1. The Hall–Kier alpha value is -2.83. The number of nitrogens with zero attached hydrogens (tertiary/aromatic N) is 3. The molecule has 7 heteroatoms. The summed E-state index contributed by atoms with van der Waals surface area (Å²) in [6.45, 7) is 2.95. The third kappa shape index (κ3) is 3.18. The molecule has 2 aliphatic rings. The van der Waals surface area contributed by atoms with Gasteiger partial charge in [0.1, 0.15) is 5.41 Å². The zero-order chi connectivity index (χ0) is 19.8. The summed E-state index contributed by atoms with van der Waals surface area (Å²) in [6, 6.07) is 0.888. The lowest BCUT2D eigenvalue weighted by Gasteiger charge is -2.42. The smallest absolute Gasteiger partial charge is 0.292 e. The molecule has 0 aromatic carbocycles. The molecule has 1 aliphatic carbocycles. The molecule has 1 unspecified atom stereocenters. The molecule has 0 spiro atoms. The number of barbiturate groups is 1. The highest BCUT2D eigenvalue weighted by Gasteiger charge is 2.55. The molecule has 3 rings (SSSR count). The molecule has 7 nitrogen and oxygen atoms in total. The van der Waals surface area contributed by atoms with E-state index in [4.69, 9.17) is 0 Å². The first-order valence-electron chi connectivity index (χ1n) is 9.05. The van der Waals surface area contributed by atoms with Gasteiger partial charge in [0.05, 0.1) is 6.54 Å². The molecule has 0 radical (unpaired) electrons. The quantitative estimate of drug-likeness (QED) is 0.462. The second-order valence-electron chi connectivity index (χ2n) is 7.31. The number of Topliss-reactive ketones (excluding diaryl/α,β-unsaturated/α-hetero) is 1. The molecule has 0 N–H and O–H groups in total. The van der Waals surface area contributed by atoms with Crippen LogP contribution in [0.3, 0.4) is 0 Å². The lowest BCUT2D eigenvalue weighted by Crippen LogP contribution is -2.64. The van der Waals surface area contributed by atoms with E-state index in [9.17, 15) is 19.2 Å². The number of aryl methyl sites for hydroxylation is 1. The van der Waals surface area contributed by atoms with Gasteiger partial charge < -0.3 is 0 Å². The normalized spacial score (nSPS) is 23.5. The largest absolute Gasteiger partial charge is 0.333 e. The van der Waals surface area contributed by atoms with E-state index >= 15 is 0 Å². The van der Waals surface area contributed by atoms with Gasteiger partial charge in [0, 0.05) is 25.0 Å². The summed E-state index contributed by atoms with van der Waals surface area (Å²) in [7, 11) is 1.35. The third-order valence-corrected chi connectivity index (χ3v) is 5.35. The molecule has 1 saturated heterocycles. The summed E-state index contributed by atoms with van der Waals surface area (Å²) in [4.78, 5) is 57.0. The van der Waals surface area contributed by atoms with Crippen LogP contribution in [-0.4, -0.2) is 52.0 Å². The van der Waals surface area contributed by atoms with Crippen LogP contribution in [0.1, 0.15) is 48.5 Å². The Bertz CT molecular complexity index is 861. The van der Waals surface area contributed by atoms with Crippen molar-refractivity contribution in [3.8, 4) is 0 Å². The number of amides is 4. The summed E-state index contributed by atoms with van der Waals surface area (Å²) in [5.41, 5.74) is 0.432. The van der Waals surface area contributed by atoms with E-state index in [-0.39, 0.29) is 0 Å². The van der Waals surface area contributed by atoms with E-state index in [1.54, 1.807) is 26.1 Å². The van der Waals surface area contributed by atoms with Crippen LogP contribution in [0.15, 0.2) is 30.1 Å². The first kappa shape index (κ1) is 18.9. The molecule has 1 aromatic rings. The van der Waals surface area contributed by atoms with Crippen molar-refractivity contribution in [2.24, 2.45) is 5.41 Å². The van der Waals surface area contributed by atoms with Crippen molar-refractivity contribution in [2.75, 3.05) is 13.6 Å². The Labute approximate surface area is 158 Å². The molecule has 1 aliphatic heterocycles. The highest BCUT2D eigenvalue weighted by atomic mass is 16.2. The highest BCUT2D eigenvalue weighted by molar-refractivity contribution is 6.21. The molecule has 27 heavy (non-hydrogen) atoms. The molecule has 1 atom stereocenters. The van der Waals surface area contributed by atoms with Gasteiger partial charge >= 0.3 is 6.03 Å². The van der Waals surface area contributed by atoms with Crippen molar-refractivity contribution < 1.29 is 19.2 Å². The van der Waals surface area contributed by atoms with Crippen LogP contribution in [0, 0.1) is 12.3 Å². The molecular weight excluding hydrogens is 346 g/mol. The van der Waals surface area contributed by atoms with E-state index < -0.39 is 35.6 Å². The fourth-order valence-electron chi connectivity index (χ4n) is 3.70. The standard InChI is InChI=1S/C20H23N3O4/c1-13-9-14(11-21-10-13)16(24)12-23-18(26)20(2,15-7-5-4-6-8-15)17(25)22(3)19(23)27/h7,9-11H,4-6,8,12H2,1-3H3. The molecule has 0 bridgehead atoms. The van der Waals surface area contributed by atoms with E-state index in [0.717, 1.165) is 40.2 Å². The fourth-order valence-corrected chi connectivity index (χ4v) is 3.70. The lowest BCUT2D eigenvalue weighted by molar-refractivity contribution is -0.153. The minimum atomic E-state index is -1.44. The van der Waals surface area contributed by atoms with Gasteiger partial charge in [-0.1, -0.05) is 6.08 Å². The van der Waals surface area contributed by atoms with Crippen molar-refractivity contribution in [3.63, 3.8) is 0 Å². The van der Waals surface area contributed by atoms with Crippen LogP contribution in [0.5, 0.6) is 0 Å². The molecule has 0 saturated carbocycles. The molecular formula is C20H23N3O4. The Kier molecular flexibility index (Phi) is 4.95. The lowest BCUT2D eigenvalue weighted by atomic mass is 9.73. The van der Waals surface area contributed by atoms with Crippen molar-refractivity contribution in [3.05, 3.63) is 41.2 Å². The van der Waals surface area contributed by atoms with Gasteiger partial charge in [-0.05, 0) is 56.7 Å². The summed E-state index contributed by atoms with van der Waals surface area (Å²) >= 11 is 0. The third-order valence-electron chi connectivity index (χ3n) is 5.35. The van der Waals surface area contributed by atoms with Gasteiger partial charge in [-0.25, -0.2) is 4.79 Å². The van der Waals surface area contributed by atoms with E-state index in [2.05, 4.69) is 4.98 Å². The Morgan fingerprint density at radius 3 is 2.56 bits per heavy atom. The number of hydrogen-bond acceptors (Lipinski definition) is 5. The van der Waals surface area contributed by atoms with Gasteiger partial charge in [0.15, 0.2) is 5.78 Å². The highest BCUT2D eigenvalue weighted by Crippen LogP contribution is 2.40. The van der Waals surface area contributed by atoms with Crippen molar-refractivity contribution in [1.29, 1.82) is 0 Å². The molecule has 1 aromatic heterocycles. The first-order valence-corrected chi connectivity index (χ1v) is 9.05. The van der Waals surface area contributed by atoms with Crippen LogP contribution < -0.4 is 0 Å². The van der Waals surface area contributed by atoms with Gasteiger partial charge in [0.2, 0.25) is 5.91 Å². The molecule has 4 amide bonds. The summed E-state index contributed by atoms with van der Waals surface area (Å²) in [6.07, 6.45) is 8.30. The van der Waals surface area contributed by atoms with E-state index in [0.29, 0.717) is 12.0 Å². The average Bonchev–Trinajstić information content (AvgIpc) is 2.68. The van der Waals surface area contributed by atoms with Crippen LogP contribution in [-0.2, 0) is 9.59 Å². The minimum Gasteiger partial charge on any atom is -0.292 e. The SMILES string of the molecule is Cc1cncc(C(=O)CN2C(=O)N(C)C(=O)C(C)(C3=CCCCC3)C2=O)c1. The molecule has 2 heterocycles. The van der Waals surface area contributed by atoms with Crippen molar-refractivity contribution in [2.45, 2.75) is 39.5 Å². The fraction of sp³-hybridized carbons (Fsp3) is 0.450.